The Morgan fingerprint density at radius 1 is 1.41 bits per heavy atom. The predicted molar refractivity (Wildman–Crippen MR) is 115 cm³/mol. The van der Waals surface area contributed by atoms with Crippen molar-refractivity contribution in [1.29, 1.82) is 0 Å². The minimum absolute atomic E-state index is 0. The van der Waals surface area contributed by atoms with Crippen molar-refractivity contribution in [3.63, 3.8) is 0 Å². The minimum Gasteiger partial charge on any atom is -0.379 e. The van der Waals surface area contributed by atoms with Gasteiger partial charge in [-0.15, -0.1) is 24.0 Å². The maximum Gasteiger partial charge on any atom is 0.191 e. The van der Waals surface area contributed by atoms with Crippen LogP contribution in [0.15, 0.2) is 42.0 Å². The molecule has 2 aromatic rings. The van der Waals surface area contributed by atoms with E-state index in [1.807, 2.05) is 29.1 Å². The standard InChI is InChI=1S/C18H26N6O2.HI/c1-19-18(21-6-2-9-26-16-5-10-25-13-16)23-12-15-3-4-17(22-11-15)24-8-7-20-14-24;/h3-4,7-8,11,14,16H,2,5-6,9-10,12-13H2,1H3,(H2,19,21,23);1H. The first kappa shape index (κ1) is 21.6. The molecule has 1 aliphatic rings. The smallest absolute Gasteiger partial charge is 0.191 e. The summed E-state index contributed by atoms with van der Waals surface area (Å²) in [5.41, 5.74) is 1.08. The van der Waals surface area contributed by atoms with E-state index in [0.717, 1.165) is 56.5 Å². The average molecular weight is 486 g/mol. The van der Waals surface area contributed by atoms with Gasteiger partial charge in [-0.05, 0) is 24.5 Å². The van der Waals surface area contributed by atoms with Crippen LogP contribution < -0.4 is 10.6 Å². The number of rotatable bonds is 8. The van der Waals surface area contributed by atoms with E-state index in [9.17, 15) is 0 Å². The number of aliphatic imine (C=N–C) groups is 1. The molecule has 2 N–H and O–H groups in total. The van der Waals surface area contributed by atoms with Crippen LogP contribution in [-0.4, -0.2) is 60.0 Å². The molecule has 0 radical (unpaired) electrons. The van der Waals surface area contributed by atoms with Crippen LogP contribution in [0.4, 0.5) is 0 Å². The monoisotopic (exact) mass is 486 g/mol. The molecule has 1 aliphatic heterocycles. The number of nitrogens with zero attached hydrogens (tertiary/aromatic N) is 4. The van der Waals surface area contributed by atoms with Crippen molar-refractivity contribution in [2.45, 2.75) is 25.5 Å². The zero-order valence-electron chi connectivity index (χ0n) is 15.5. The second kappa shape index (κ2) is 11.9. The summed E-state index contributed by atoms with van der Waals surface area (Å²) in [4.78, 5) is 12.7. The second-order valence-corrected chi connectivity index (χ2v) is 6.06. The van der Waals surface area contributed by atoms with E-state index in [0.29, 0.717) is 6.54 Å². The Morgan fingerprint density at radius 3 is 3.00 bits per heavy atom. The summed E-state index contributed by atoms with van der Waals surface area (Å²) in [6, 6.07) is 4.01. The average Bonchev–Trinajstić information content (AvgIpc) is 3.38. The fraction of sp³-hybridized carbons (Fsp3) is 0.500. The Balaban J connectivity index is 0.00000261. The number of guanidine groups is 1. The van der Waals surface area contributed by atoms with E-state index in [-0.39, 0.29) is 30.1 Å². The number of halogens is 1. The summed E-state index contributed by atoms with van der Waals surface area (Å²) in [7, 11) is 1.77. The molecule has 0 aliphatic carbocycles. The van der Waals surface area contributed by atoms with Crippen molar-refractivity contribution in [1.82, 2.24) is 25.2 Å². The van der Waals surface area contributed by atoms with Crippen molar-refractivity contribution in [3.8, 4) is 5.82 Å². The van der Waals surface area contributed by atoms with Gasteiger partial charge in [0.25, 0.3) is 0 Å². The predicted octanol–water partition coefficient (Wildman–Crippen LogP) is 1.75. The summed E-state index contributed by atoms with van der Waals surface area (Å²) < 4.78 is 12.9. The number of hydrogen-bond donors (Lipinski definition) is 2. The largest absolute Gasteiger partial charge is 0.379 e. The minimum atomic E-state index is 0. The molecule has 1 saturated heterocycles. The molecule has 2 aromatic heterocycles. The van der Waals surface area contributed by atoms with Gasteiger partial charge >= 0.3 is 0 Å². The second-order valence-electron chi connectivity index (χ2n) is 6.06. The lowest BCUT2D eigenvalue weighted by Crippen LogP contribution is -2.37. The van der Waals surface area contributed by atoms with Crippen molar-refractivity contribution in [2.75, 3.05) is 33.4 Å². The van der Waals surface area contributed by atoms with E-state index in [1.54, 1.807) is 19.6 Å². The zero-order chi connectivity index (χ0) is 18.0. The Kier molecular flexibility index (Phi) is 9.50. The quantitative estimate of drug-likeness (QED) is 0.256. The molecule has 27 heavy (non-hydrogen) atoms. The lowest BCUT2D eigenvalue weighted by Gasteiger charge is -2.13. The first-order valence-electron chi connectivity index (χ1n) is 8.92. The van der Waals surface area contributed by atoms with Crippen LogP contribution in [0.1, 0.15) is 18.4 Å². The third-order valence-corrected chi connectivity index (χ3v) is 4.12. The van der Waals surface area contributed by atoms with Crippen LogP contribution in [0.25, 0.3) is 5.82 Å². The number of nitrogens with one attached hydrogen (secondary N) is 2. The van der Waals surface area contributed by atoms with Gasteiger partial charge in [0.2, 0.25) is 0 Å². The summed E-state index contributed by atoms with van der Waals surface area (Å²) in [6.45, 7) is 3.75. The molecule has 1 atom stereocenters. The number of imidazole rings is 1. The van der Waals surface area contributed by atoms with Crippen LogP contribution in [0.5, 0.6) is 0 Å². The molecule has 3 heterocycles. The molecule has 1 fully saturated rings. The summed E-state index contributed by atoms with van der Waals surface area (Å²) in [6.07, 6.45) is 9.39. The van der Waals surface area contributed by atoms with Gasteiger partial charge in [0.1, 0.15) is 12.1 Å². The molecule has 0 saturated carbocycles. The number of aromatic nitrogens is 3. The van der Waals surface area contributed by atoms with Crippen molar-refractivity contribution in [2.24, 2.45) is 4.99 Å². The lowest BCUT2D eigenvalue weighted by molar-refractivity contribution is 0.0420. The van der Waals surface area contributed by atoms with Gasteiger partial charge in [0.15, 0.2) is 5.96 Å². The zero-order valence-corrected chi connectivity index (χ0v) is 17.8. The first-order chi connectivity index (χ1) is 12.8. The van der Waals surface area contributed by atoms with Crippen LogP contribution in [0.2, 0.25) is 0 Å². The van der Waals surface area contributed by atoms with Crippen molar-refractivity contribution < 1.29 is 9.47 Å². The summed E-state index contributed by atoms with van der Waals surface area (Å²) in [5.74, 6) is 1.62. The van der Waals surface area contributed by atoms with Gasteiger partial charge in [-0.2, -0.15) is 0 Å². The van der Waals surface area contributed by atoms with Gasteiger partial charge < -0.3 is 20.1 Å². The van der Waals surface area contributed by atoms with Gasteiger partial charge in [0.05, 0.1) is 12.7 Å². The maximum atomic E-state index is 5.75. The molecule has 0 amide bonds. The molecule has 148 valence electrons. The molecule has 0 spiro atoms. The third kappa shape index (κ3) is 7.07. The molecule has 0 bridgehead atoms. The number of pyridine rings is 1. The van der Waals surface area contributed by atoms with E-state index in [1.165, 1.54) is 0 Å². The third-order valence-electron chi connectivity index (χ3n) is 4.12. The van der Waals surface area contributed by atoms with Crippen LogP contribution in [-0.2, 0) is 16.0 Å². The van der Waals surface area contributed by atoms with Crippen LogP contribution in [0.3, 0.4) is 0 Å². The highest BCUT2D eigenvalue weighted by atomic mass is 127. The van der Waals surface area contributed by atoms with Gasteiger partial charge in [0, 0.05) is 51.9 Å². The SMILES string of the molecule is CN=C(NCCCOC1CCOC1)NCc1ccc(-n2ccnc2)nc1.I. The Bertz CT molecular complexity index is 672. The number of ether oxygens (including phenoxy) is 2. The molecule has 3 rings (SSSR count). The highest BCUT2D eigenvalue weighted by Gasteiger charge is 2.15. The van der Waals surface area contributed by atoms with Crippen LogP contribution >= 0.6 is 24.0 Å². The first-order valence-corrected chi connectivity index (χ1v) is 8.92. The lowest BCUT2D eigenvalue weighted by atomic mass is 10.3. The fourth-order valence-electron chi connectivity index (χ4n) is 2.65. The molecular weight excluding hydrogens is 459 g/mol. The Morgan fingerprint density at radius 2 is 2.33 bits per heavy atom. The molecule has 1 unspecified atom stereocenters. The van der Waals surface area contributed by atoms with E-state index < -0.39 is 0 Å². The topological polar surface area (TPSA) is 85.6 Å². The van der Waals surface area contributed by atoms with Gasteiger partial charge in [-0.3, -0.25) is 9.56 Å². The molecule has 9 heteroatoms. The highest BCUT2D eigenvalue weighted by Crippen LogP contribution is 2.08. The Hall–Kier alpha value is -1.72. The van der Waals surface area contributed by atoms with Gasteiger partial charge in [-0.25, -0.2) is 9.97 Å². The summed E-state index contributed by atoms with van der Waals surface area (Å²) in [5, 5.41) is 6.58. The highest BCUT2D eigenvalue weighted by molar-refractivity contribution is 14.0. The molecule has 8 nitrogen and oxygen atoms in total. The maximum absolute atomic E-state index is 5.75. The normalized spacial score (nSPS) is 16.8. The van der Waals surface area contributed by atoms with E-state index in [2.05, 4.69) is 25.6 Å². The van der Waals surface area contributed by atoms with Gasteiger partial charge in [-0.1, -0.05) is 6.07 Å². The summed E-state index contributed by atoms with van der Waals surface area (Å²) >= 11 is 0. The van der Waals surface area contributed by atoms with Crippen molar-refractivity contribution in [3.05, 3.63) is 42.6 Å². The molecular formula is C18H27IN6O2. The number of hydrogen-bond acceptors (Lipinski definition) is 5. The van der Waals surface area contributed by atoms with E-state index in [4.69, 9.17) is 9.47 Å². The van der Waals surface area contributed by atoms with Crippen LogP contribution in [0, 0.1) is 0 Å². The van der Waals surface area contributed by atoms with Crippen molar-refractivity contribution >= 4 is 29.9 Å². The Labute approximate surface area is 176 Å². The fourth-order valence-corrected chi connectivity index (χ4v) is 2.65. The van der Waals surface area contributed by atoms with E-state index >= 15 is 0 Å². The molecule has 0 aromatic carbocycles.